The summed E-state index contributed by atoms with van der Waals surface area (Å²) in [4.78, 5) is 7.99. The number of rotatable bonds is 2. The van der Waals surface area contributed by atoms with E-state index in [1.807, 2.05) is 27.9 Å². The van der Waals surface area contributed by atoms with Crippen molar-refractivity contribution in [2.24, 2.45) is 13.0 Å². The van der Waals surface area contributed by atoms with E-state index < -0.39 is 10.8 Å². The van der Waals surface area contributed by atoms with Crippen LogP contribution in [0.25, 0.3) is 11.3 Å². The van der Waals surface area contributed by atoms with Gasteiger partial charge in [-0.15, -0.1) is 0 Å². The first-order valence-corrected chi connectivity index (χ1v) is 11.9. The molecule has 0 unspecified atom stereocenters. The van der Waals surface area contributed by atoms with Crippen LogP contribution in [0.2, 0.25) is 0 Å². The van der Waals surface area contributed by atoms with E-state index in [4.69, 9.17) is 5.73 Å². The van der Waals surface area contributed by atoms with Gasteiger partial charge in [0.25, 0.3) is 0 Å². The molecule has 160 valence electrons. The number of anilines is 2. The average Bonchev–Trinajstić information content (AvgIpc) is 3.05. The average molecular weight is 411 g/mol. The third-order valence-electron chi connectivity index (χ3n) is 4.02. The number of aromatic nitrogens is 4. The van der Waals surface area contributed by atoms with Crippen molar-refractivity contribution in [3.8, 4) is 11.3 Å². The lowest BCUT2D eigenvalue weighted by molar-refractivity contribution is 0.385. The van der Waals surface area contributed by atoms with Crippen molar-refractivity contribution in [2.75, 3.05) is 30.6 Å². The second kappa shape index (κ2) is 15.0. The van der Waals surface area contributed by atoms with Crippen LogP contribution in [0.3, 0.4) is 0 Å². The van der Waals surface area contributed by atoms with Crippen LogP contribution < -0.4 is 11.1 Å². The molecular formula is C20H38N6OS. The summed E-state index contributed by atoms with van der Waals surface area (Å²) in [6, 6.07) is 1.80. The van der Waals surface area contributed by atoms with E-state index in [0.29, 0.717) is 0 Å². The minimum absolute atomic E-state index is 0.262. The fraction of sp³-hybridized carbons (Fsp3) is 0.650. The number of nitrogens with one attached hydrogen (secondary N) is 1. The molecule has 2 aromatic rings. The zero-order valence-electron chi connectivity index (χ0n) is 18.5. The molecule has 0 aliphatic heterocycles. The van der Waals surface area contributed by atoms with Gasteiger partial charge in [-0.05, 0) is 12.0 Å². The van der Waals surface area contributed by atoms with E-state index in [1.54, 1.807) is 35.7 Å². The summed E-state index contributed by atoms with van der Waals surface area (Å²) in [5.74, 6) is 2.19. The van der Waals surface area contributed by atoms with Crippen molar-refractivity contribution in [2.45, 2.75) is 52.9 Å². The first kappa shape index (κ1) is 26.0. The summed E-state index contributed by atoms with van der Waals surface area (Å²) in [5.41, 5.74) is 7.20. The molecule has 7 nitrogen and oxygen atoms in total. The van der Waals surface area contributed by atoms with Crippen molar-refractivity contribution in [3.63, 3.8) is 0 Å². The SMILES string of the molecule is CC.CC1CCCCC1.CNc1c(-c2ccnc(N)n2)cnn1C.CS(C)=O. The summed E-state index contributed by atoms with van der Waals surface area (Å²) in [7, 11) is 3.09. The summed E-state index contributed by atoms with van der Waals surface area (Å²) in [5, 5.41) is 7.21. The number of hydrogen-bond donors (Lipinski definition) is 2. The molecule has 8 heteroatoms. The Kier molecular flexibility index (Phi) is 14.0. The highest BCUT2D eigenvalue weighted by atomic mass is 32.2. The Bertz CT molecular complexity index is 679. The summed E-state index contributed by atoms with van der Waals surface area (Å²) in [6.07, 6.45) is 14.1. The Balaban J connectivity index is 0.000000466. The van der Waals surface area contributed by atoms with Crippen molar-refractivity contribution in [3.05, 3.63) is 18.5 Å². The van der Waals surface area contributed by atoms with E-state index in [-0.39, 0.29) is 5.95 Å². The van der Waals surface area contributed by atoms with Gasteiger partial charge in [-0.1, -0.05) is 52.9 Å². The Labute approximate surface area is 173 Å². The van der Waals surface area contributed by atoms with Gasteiger partial charge >= 0.3 is 0 Å². The monoisotopic (exact) mass is 410 g/mol. The van der Waals surface area contributed by atoms with Gasteiger partial charge in [-0.25, -0.2) is 9.97 Å². The summed E-state index contributed by atoms with van der Waals surface area (Å²) >= 11 is 0. The number of aryl methyl sites for hydroxylation is 1. The highest BCUT2D eigenvalue weighted by Crippen LogP contribution is 2.25. The molecule has 0 spiro atoms. The van der Waals surface area contributed by atoms with Gasteiger partial charge in [0.05, 0.1) is 17.5 Å². The van der Waals surface area contributed by atoms with E-state index in [0.717, 1.165) is 23.0 Å². The predicted octanol–water partition coefficient (Wildman–Crippen LogP) is 4.11. The first-order chi connectivity index (χ1) is 13.3. The maximum Gasteiger partial charge on any atom is 0.220 e. The largest absolute Gasteiger partial charge is 0.373 e. The number of nitrogens with zero attached hydrogens (tertiary/aromatic N) is 4. The maximum absolute atomic E-state index is 9.56. The van der Waals surface area contributed by atoms with Crippen LogP contribution in [0.5, 0.6) is 0 Å². The van der Waals surface area contributed by atoms with Gasteiger partial charge in [-0.3, -0.25) is 8.89 Å². The third kappa shape index (κ3) is 10.4. The molecule has 0 saturated heterocycles. The van der Waals surface area contributed by atoms with E-state index in [1.165, 1.54) is 32.1 Å². The normalized spacial score (nSPS) is 13.3. The molecule has 0 aromatic carbocycles. The fourth-order valence-electron chi connectivity index (χ4n) is 2.75. The molecule has 0 bridgehead atoms. The first-order valence-electron chi connectivity index (χ1n) is 9.88. The zero-order valence-corrected chi connectivity index (χ0v) is 19.3. The molecule has 0 amide bonds. The minimum Gasteiger partial charge on any atom is -0.373 e. The maximum atomic E-state index is 9.56. The molecule has 28 heavy (non-hydrogen) atoms. The smallest absolute Gasteiger partial charge is 0.220 e. The van der Waals surface area contributed by atoms with E-state index >= 15 is 0 Å². The molecule has 2 heterocycles. The molecule has 1 aliphatic rings. The number of nitrogens with two attached hydrogens (primary N) is 1. The van der Waals surface area contributed by atoms with E-state index in [2.05, 4.69) is 27.3 Å². The summed E-state index contributed by atoms with van der Waals surface area (Å²) < 4.78 is 11.3. The minimum atomic E-state index is -0.611. The predicted molar refractivity (Wildman–Crippen MR) is 122 cm³/mol. The lowest BCUT2D eigenvalue weighted by Crippen LogP contribution is -2.00. The quantitative estimate of drug-likeness (QED) is 0.773. The van der Waals surface area contributed by atoms with E-state index in [9.17, 15) is 4.21 Å². The molecular weight excluding hydrogens is 372 g/mol. The second-order valence-electron chi connectivity index (χ2n) is 6.57. The van der Waals surface area contributed by atoms with Crippen LogP contribution in [0.4, 0.5) is 11.8 Å². The van der Waals surface area contributed by atoms with Crippen LogP contribution in [-0.2, 0) is 17.8 Å². The molecule has 3 N–H and O–H groups in total. The van der Waals surface area contributed by atoms with Crippen LogP contribution in [-0.4, -0.2) is 43.5 Å². The zero-order chi connectivity index (χ0) is 21.5. The van der Waals surface area contributed by atoms with Crippen molar-refractivity contribution in [1.29, 1.82) is 0 Å². The molecule has 1 saturated carbocycles. The molecule has 0 atom stereocenters. The topological polar surface area (TPSA) is 98.7 Å². The molecule has 1 aliphatic carbocycles. The standard InChI is InChI=1S/C9H12N6.C7H14.C2H6OS.C2H6/c1-11-8-6(5-13-15(8)2)7-3-4-12-9(10)14-7;1-7-5-3-2-4-6-7;1-4(2)3;1-2/h3-5,11H,1-2H3,(H2,10,12,14);7H,2-6H2,1H3;1-2H3;1-2H3. The highest BCUT2D eigenvalue weighted by Gasteiger charge is 2.10. The van der Waals surface area contributed by atoms with Gasteiger partial charge in [0.1, 0.15) is 5.82 Å². The van der Waals surface area contributed by atoms with Crippen molar-refractivity contribution < 1.29 is 4.21 Å². The Hall–Kier alpha value is -1.96. The van der Waals surface area contributed by atoms with Gasteiger partial charge < -0.3 is 11.1 Å². The van der Waals surface area contributed by atoms with Crippen LogP contribution >= 0.6 is 0 Å². The van der Waals surface area contributed by atoms with Crippen molar-refractivity contribution in [1.82, 2.24) is 19.7 Å². The second-order valence-corrected chi connectivity index (χ2v) is 8.05. The molecule has 3 rings (SSSR count). The van der Waals surface area contributed by atoms with Crippen LogP contribution in [0.15, 0.2) is 18.5 Å². The fourth-order valence-corrected chi connectivity index (χ4v) is 2.75. The van der Waals surface area contributed by atoms with Gasteiger partial charge in [0.15, 0.2) is 0 Å². The Morgan fingerprint density at radius 2 is 1.79 bits per heavy atom. The molecule has 2 aromatic heterocycles. The molecule has 0 radical (unpaired) electrons. The van der Waals surface area contributed by atoms with Gasteiger partial charge in [0.2, 0.25) is 5.95 Å². The highest BCUT2D eigenvalue weighted by molar-refractivity contribution is 7.83. The van der Waals surface area contributed by atoms with Crippen molar-refractivity contribution >= 4 is 22.6 Å². The van der Waals surface area contributed by atoms with Gasteiger partial charge in [-0.2, -0.15) is 5.10 Å². The number of hydrogen-bond acceptors (Lipinski definition) is 6. The van der Waals surface area contributed by atoms with Crippen LogP contribution in [0.1, 0.15) is 52.9 Å². The lowest BCUT2D eigenvalue weighted by Gasteiger charge is -2.15. The lowest BCUT2D eigenvalue weighted by atomic mass is 9.91. The number of nitrogen functional groups attached to an aromatic ring is 1. The Morgan fingerprint density at radius 3 is 2.21 bits per heavy atom. The Morgan fingerprint density at radius 1 is 1.21 bits per heavy atom. The third-order valence-corrected chi connectivity index (χ3v) is 4.02. The summed E-state index contributed by atoms with van der Waals surface area (Å²) in [6.45, 7) is 6.36. The van der Waals surface area contributed by atoms with Crippen LogP contribution in [0, 0.1) is 5.92 Å². The van der Waals surface area contributed by atoms with Gasteiger partial charge in [0, 0.05) is 43.6 Å². The molecule has 1 fully saturated rings.